The first-order valence-electron chi connectivity index (χ1n) is 6.32. The van der Waals surface area contributed by atoms with Crippen LogP contribution in [0, 0.1) is 0 Å². The first-order valence-corrected chi connectivity index (χ1v) is 6.32. The van der Waals surface area contributed by atoms with Gasteiger partial charge in [-0.05, 0) is 40.2 Å². The highest BCUT2D eigenvalue weighted by Crippen LogP contribution is 2.22. The number of rotatable bonds is 5. The van der Waals surface area contributed by atoms with Gasteiger partial charge in [0.2, 0.25) is 11.7 Å². The van der Waals surface area contributed by atoms with Gasteiger partial charge >= 0.3 is 0 Å². The molecule has 1 aromatic heterocycles. The molecule has 0 radical (unpaired) electrons. The van der Waals surface area contributed by atoms with Gasteiger partial charge in [0.05, 0.1) is 0 Å². The SMILES string of the molecule is CCOC(C)(C)c1noc(CC2CCCN2)n1. The van der Waals surface area contributed by atoms with Crippen molar-refractivity contribution in [2.45, 2.75) is 51.7 Å². The summed E-state index contributed by atoms with van der Waals surface area (Å²) < 4.78 is 10.9. The molecule has 1 unspecified atom stereocenters. The summed E-state index contributed by atoms with van der Waals surface area (Å²) >= 11 is 0. The molecule has 96 valence electrons. The summed E-state index contributed by atoms with van der Waals surface area (Å²) in [6, 6.07) is 0.485. The molecule has 0 saturated carbocycles. The van der Waals surface area contributed by atoms with Crippen molar-refractivity contribution in [2.75, 3.05) is 13.2 Å². The van der Waals surface area contributed by atoms with Crippen LogP contribution in [0.1, 0.15) is 45.3 Å². The van der Waals surface area contributed by atoms with Crippen LogP contribution in [0.4, 0.5) is 0 Å². The van der Waals surface area contributed by atoms with Gasteiger partial charge in [-0.1, -0.05) is 5.16 Å². The molecule has 5 heteroatoms. The summed E-state index contributed by atoms with van der Waals surface area (Å²) in [6.07, 6.45) is 3.23. The molecular formula is C12H21N3O2. The monoisotopic (exact) mass is 239 g/mol. The van der Waals surface area contributed by atoms with E-state index in [-0.39, 0.29) is 0 Å². The van der Waals surface area contributed by atoms with Gasteiger partial charge in [0.15, 0.2) is 0 Å². The lowest BCUT2D eigenvalue weighted by Gasteiger charge is -2.19. The van der Waals surface area contributed by atoms with Crippen molar-refractivity contribution >= 4 is 0 Å². The number of ether oxygens (including phenoxy) is 1. The molecule has 0 amide bonds. The molecule has 0 aliphatic carbocycles. The molecule has 1 saturated heterocycles. The Labute approximate surface area is 102 Å². The Balaban J connectivity index is 1.99. The maximum Gasteiger partial charge on any atom is 0.228 e. The first kappa shape index (κ1) is 12.5. The van der Waals surface area contributed by atoms with Gasteiger partial charge in [-0.3, -0.25) is 0 Å². The van der Waals surface area contributed by atoms with Gasteiger partial charge in [-0.2, -0.15) is 4.98 Å². The Bertz CT molecular complexity index is 356. The van der Waals surface area contributed by atoms with Crippen LogP contribution in [0.15, 0.2) is 4.52 Å². The zero-order valence-electron chi connectivity index (χ0n) is 10.8. The van der Waals surface area contributed by atoms with Crippen LogP contribution in [0.3, 0.4) is 0 Å². The van der Waals surface area contributed by atoms with Gasteiger partial charge in [0.25, 0.3) is 0 Å². The minimum absolute atomic E-state index is 0.473. The van der Waals surface area contributed by atoms with Gasteiger partial charge in [-0.25, -0.2) is 0 Å². The van der Waals surface area contributed by atoms with Crippen molar-refractivity contribution in [1.82, 2.24) is 15.5 Å². The van der Waals surface area contributed by atoms with Crippen molar-refractivity contribution in [1.29, 1.82) is 0 Å². The summed E-state index contributed by atoms with van der Waals surface area (Å²) in [5.41, 5.74) is -0.473. The van der Waals surface area contributed by atoms with Crippen molar-refractivity contribution in [3.63, 3.8) is 0 Å². The zero-order chi connectivity index (χ0) is 12.3. The Kier molecular flexibility index (Phi) is 3.79. The Hall–Kier alpha value is -0.940. The van der Waals surface area contributed by atoms with Crippen molar-refractivity contribution in [3.05, 3.63) is 11.7 Å². The van der Waals surface area contributed by atoms with E-state index in [4.69, 9.17) is 9.26 Å². The van der Waals surface area contributed by atoms with E-state index in [9.17, 15) is 0 Å². The summed E-state index contributed by atoms with van der Waals surface area (Å²) in [4.78, 5) is 4.42. The second kappa shape index (κ2) is 5.14. The molecule has 2 heterocycles. The summed E-state index contributed by atoms with van der Waals surface area (Å²) in [6.45, 7) is 7.61. The molecule has 1 atom stereocenters. The minimum Gasteiger partial charge on any atom is -0.368 e. The molecule has 0 spiro atoms. The molecule has 2 rings (SSSR count). The number of nitrogens with zero attached hydrogens (tertiary/aromatic N) is 2. The van der Waals surface area contributed by atoms with Crippen LogP contribution >= 0.6 is 0 Å². The van der Waals surface area contributed by atoms with E-state index in [0.717, 1.165) is 13.0 Å². The molecule has 0 aromatic carbocycles. The number of hydrogen-bond acceptors (Lipinski definition) is 5. The van der Waals surface area contributed by atoms with Crippen LogP contribution in [0.25, 0.3) is 0 Å². The fourth-order valence-corrected chi connectivity index (χ4v) is 2.15. The molecule has 1 aromatic rings. The lowest BCUT2D eigenvalue weighted by atomic mass is 10.1. The molecule has 1 aliphatic rings. The lowest BCUT2D eigenvalue weighted by Crippen LogP contribution is -2.25. The topological polar surface area (TPSA) is 60.2 Å². The smallest absolute Gasteiger partial charge is 0.228 e. The van der Waals surface area contributed by atoms with E-state index in [0.29, 0.717) is 24.4 Å². The minimum atomic E-state index is -0.473. The van der Waals surface area contributed by atoms with Crippen molar-refractivity contribution in [3.8, 4) is 0 Å². The second-order valence-electron chi connectivity index (χ2n) is 4.95. The quantitative estimate of drug-likeness (QED) is 0.846. The van der Waals surface area contributed by atoms with Crippen LogP contribution in [-0.2, 0) is 16.8 Å². The summed E-state index contributed by atoms with van der Waals surface area (Å²) in [5.74, 6) is 1.33. The van der Waals surface area contributed by atoms with Gasteiger partial charge in [-0.15, -0.1) is 0 Å². The average molecular weight is 239 g/mol. The molecule has 1 N–H and O–H groups in total. The highest BCUT2D eigenvalue weighted by molar-refractivity contribution is 4.98. The Morgan fingerprint density at radius 3 is 3.00 bits per heavy atom. The second-order valence-corrected chi connectivity index (χ2v) is 4.95. The van der Waals surface area contributed by atoms with Crippen LogP contribution in [-0.4, -0.2) is 29.3 Å². The fourth-order valence-electron chi connectivity index (χ4n) is 2.15. The molecule has 0 bridgehead atoms. The van der Waals surface area contributed by atoms with Crippen LogP contribution in [0.5, 0.6) is 0 Å². The molecular weight excluding hydrogens is 218 g/mol. The first-order chi connectivity index (χ1) is 8.12. The van der Waals surface area contributed by atoms with Gasteiger partial charge < -0.3 is 14.6 Å². The highest BCUT2D eigenvalue weighted by atomic mass is 16.5. The third kappa shape index (κ3) is 3.04. The predicted octanol–water partition coefficient (Wildman–Crippen LogP) is 1.64. The molecule has 1 aliphatic heterocycles. The van der Waals surface area contributed by atoms with E-state index in [1.807, 2.05) is 20.8 Å². The van der Waals surface area contributed by atoms with Crippen LogP contribution in [0.2, 0.25) is 0 Å². The van der Waals surface area contributed by atoms with Crippen molar-refractivity contribution < 1.29 is 9.26 Å². The van der Waals surface area contributed by atoms with Crippen LogP contribution < -0.4 is 5.32 Å². The largest absolute Gasteiger partial charge is 0.368 e. The average Bonchev–Trinajstić information content (AvgIpc) is 2.89. The molecule has 5 nitrogen and oxygen atoms in total. The Morgan fingerprint density at radius 2 is 2.35 bits per heavy atom. The molecule has 17 heavy (non-hydrogen) atoms. The third-order valence-corrected chi connectivity index (χ3v) is 3.10. The van der Waals surface area contributed by atoms with E-state index in [2.05, 4.69) is 15.5 Å². The number of nitrogens with one attached hydrogen (secondary N) is 1. The zero-order valence-corrected chi connectivity index (χ0v) is 10.8. The van der Waals surface area contributed by atoms with Crippen molar-refractivity contribution in [2.24, 2.45) is 0 Å². The normalized spacial score (nSPS) is 21.0. The maximum absolute atomic E-state index is 5.60. The van der Waals surface area contributed by atoms with Gasteiger partial charge in [0, 0.05) is 19.1 Å². The number of aromatic nitrogens is 2. The molecule has 1 fully saturated rings. The van der Waals surface area contributed by atoms with E-state index in [1.165, 1.54) is 12.8 Å². The lowest BCUT2D eigenvalue weighted by molar-refractivity contribution is -0.0221. The van der Waals surface area contributed by atoms with Gasteiger partial charge in [0.1, 0.15) is 5.60 Å². The maximum atomic E-state index is 5.60. The highest BCUT2D eigenvalue weighted by Gasteiger charge is 2.28. The predicted molar refractivity (Wildman–Crippen MR) is 63.7 cm³/mol. The third-order valence-electron chi connectivity index (χ3n) is 3.10. The standard InChI is InChI=1S/C12H21N3O2/c1-4-16-12(2,3)11-14-10(17-15-11)8-9-6-5-7-13-9/h9,13H,4-8H2,1-3H3. The summed E-state index contributed by atoms with van der Waals surface area (Å²) in [7, 11) is 0. The van der Waals surface area contributed by atoms with E-state index < -0.39 is 5.60 Å². The van der Waals surface area contributed by atoms with E-state index >= 15 is 0 Å². The summed E-state index contributed by atoms with van der Waals surface area (Å²) in [5, 5.41) is 7.43. The fraction of sp³-hybridized carbons (Fsp3) is 0.833. The number of hydrogen-bond donors (Lipinski definition) is 1. The Morgan fingerprint density at radius 1 is 1.53 bits per heavy atom. The van der Waals surface area contributed by atoms with E-state index in [1.54, 1.807) is 0 Å².